The summed E-state index contributed by atoms with van der Waals surface area (Å²) in [5.74, 6) is 0. The first kappa shape index (κ1) is 11.0. The minimum atomic E-state index is -1.60. The third-order valence-electron chi connectivity index (χ3n) is 1.97. The van der Waals surface area contributed by atoms with Crippen molar-refractivity contribution in [2.24, 2.45) is 0 Å². The molecule has 0 aliphatic carbocycles. The van der Waals surface area contributed by atoms with Gasteiger partial charge in [-0.25, -0.2) is 0 Å². The molecular weight excluding hydrogens is 181 g/mol. The van der Waals surface area contributed by atoms with Crippen molar-refractivity contribution in [2.75, 3.05) is 0 Å². The zero-order valence-electron chi connectivity index (χ0n) is 8.53. The quantitative estimate of drug-likeness (QED) is 0.521. The number of pyridine rings is 1. The molecule has 3 N–H and O–H groups in total. The van der Waals surface area contributed by atoms with Crippen LogP contribution in [0.5, 0.6) is 0 Å². The van der Waals surface area contributed by atoms with Gasteiger partial charge in [0.1, 0.15) is 0 Å². The average Bonchev–Trinajstić information content (AvgIpc) is 2.01. The Kier molecular flexibility index (Phi) is 2.82. The summed E-state index contributed by atoms with van der Waals surface area (Å²) in [6.07, 6.45) is 0. The van der Waals surface area contributed by atoms with Crippen molar-refractivity contribution < 1.29 is 10.0 Å². The SMILES string of the molecule is CC(C)(C)c1cc(B(O)O)cc(=O)[nH]1. The van der Waals surface area contributed by atoms with Crippen LogP contribution in [0.4, 0.5) is 0 Å². The number of rotatable bonds is 1. The van der Waals surface area contributed by atoms with Gasteiger partial charge in [0.2, 0.25) is 5.56 Å². The van der Waals surface area contributed by atoms with Crippen LogP contribution in [-0.2, 0) is 5.41 Å². The molecule has 0 aliphatic heterocycles. The summed E-state index contributed by atoms with van der Waals surface area (Å²) in [5, 5.41) is 17.9. The normalized spacial score (nSPS) is 11.5. The van der Waals surface area contributed by atoms with Crippen molar-refractivity contribution in [1.82, 2.24) is 4.98 Å². The first-order valence-corrected chi connectivity index (χ1v) is 4.41. The van der Waals surface area contributed by atoms with E-state index < -0.39 is 7.12 Å². The highest BCUT2D eigenvalue weighted by Crippen LogP contribution is 2.17. The van der Waals surface area contributed by atoms with Crippen LogP contribution in [0.25, 0.3) is 0 Å². The lowest BCUT2D eigenvalue weighted by Gasteiger charge is -2.18. The topological polar surface area (TPSA) is 73.3 Å². The van der Waals surface area contributed by atoms with Crippen molar-refractivity contribution in [2.45, 2.75) is 26.2 Å². The van der Waals surface area contributed by atoms with Crippen molar-refractivity contribution >= 4 is 12.6 Å². The van der Waals surface area contributed by atoms with E-state index in [1.54, 1.807) is 6.07 Å². The van der Waals surface area contributed by atoms with Gasteiger partial charge in [0.05, 0.1) is 0 Å². The predicted molar refractivity (Wildman–Crippen MR) is 55.6 cm³/mol. The van der Waals surface area contributed by atoms with Crippen LogP contribution in [0.15, 0.2) is 16.9 Å². The largest absolute Gasteiger partial charge is 0.488 e. The van der Waals surface area contributed by atoms with Gasteiger partial charge in [-0.3, -0.25) is 4.79 Å². The van der Waals surface area contributed by atoms with Gasteiger partial charge in [-0.1, -0.05) is 20.8 Å². The fourth-order valence-electron chi connectivity index (χ4n) is 1.12. The molecule has 1 heterocycles. The maximum absolute atomic E-state index is 11.2. The Balaban J connectivity index is 3.28. The molecule has 0 fully saturated rings. The Morgan fingerprint density at radius 1 is 1.29 bits per heavy atom. The van der Waals surface area contributed by atoms with Crippen LogP contribution in [0.2, 0.25) is 0 Å². The van der Waals surface area contributed by atoms with Gasteiger partial charge < -0.3 is 15.0 Å². The van der Waals surface area contributed by atoms with E-state index in [1.165, 1.54) is 6.07 Å². The van der Waals surface area contributed by atoms with Crippen molar-refractivity contribution in [1.29, 1.82) is 0 Å². The van der Waals surface area contributed by atoms with Crippen molar-refractivity contribution in [3.8, 4) is 0 Å². The Hall–Kier alpha value is -1.07. The zero-order valence-corrected chi connectivity index (χ0v) is 8.53. The maximum Gasteiger partial charge on any atom is 0.488 e. The van der Waals surface area contributed by atoms with E-state index in [1.807, 2.05) is 20.8 Å². The molecule has 0 saturated heterocycles. The minimum Gasteiger partial charge on any atom is -0.423 e. The van der Waals surface area contributed by atoms with Crippen LogP contribution in [0.3, 0.4) is 0 Å². The average molecular weight is 195 g/mol. The monoisotopic (exact) mass is 195 g/mol. The summed E-state index contributed by atoms with van der Waals surface area (Å²) in [6, 6.07) is 2.77. The van der Waals surface area contributed by atoms with E-state index in [0.717, 1.165) is 0 Å². The van der Waals surface area contributed by atoms with Gasteiger partial charge in [0.25, 0.3) is 0 Å². The molecule has 0 saturated carbocycles. The molecule has 14 heavy (non-hydrogen) atoms. The molecule has 0 bridgehead atoms. The molecule has 1 aromatic heterocycles. The molecule has 0 aromatic carbocycles. The highest BCUT2D eigenvalue weighted by molar-refractivity contribution is 6.58. The smallest absolute Gasteiger partial charge is 0.423 e. The van der Waals surface area contributed by atoms with E-state index in [4.69, 9.17) is 10.0 Å². The summed E-state index contributed by atoms with van der Waals surface area (Å²) in [4.78, 5) is 13.8. The van der Waals surface area contributed by atoms with Crippen LogP contribution < -0.4 is 11.0 Å². The van der Waals surface area contributed by atoms with Gasteiger partial charge in [0, 0.05) is 17.2 Å². The number of H-pyrrole nitrogens is 1. The fraction of sp³-hybridized carbons (Fsp3) is 0.444. The Morgan fingerprint density at radius 3 is 2.29 bits per heavy atom. The molecule has 1 rings (SSSR count). The summed E-state index contributed by atoms with van der Waals surface area (Å²) in [7, 11) is -1.60. The molecular formula is C9H14BNO3. The molecule has 1 aromatic rings. The first-order valence-electron chi connectivity index (χ1n) is 4.41. The highest BCUT2D eigenvalue weighted by Gasteiger charge is 2.19. The molecule has 4 nitrogen and oxygen atoms in total. The maximum atomic E-state index is 11.2. The van der Waals surface area contributed by atoms with Crippen molar-refractivity contribution in [3.63, 3.8) is 0 Å². The second-order valence-corrected chi connectivity index (χ2v) is 4.32. The second kappa shape index (κ2) is 3.59. The van der Waals surface area contributed by atoms with Gasteiger partial charge >= 0.3 is 7.12 Å². The standard InChI is InChI=1S/C9H14BNO3/c1-9(2,3)7-4-6(10(13)14)5-8(12)11-7/h4-5,13-14H,1-3H3,(H,11,12). The fourth-order valence-corrected chi connectivity index (χ4v) is 1.12. The summed E-state index contributed by atoms with van der Waals surface area (Å²) in [6.45, 7) is 5.81. The molecule has 0 aliphatic rings. The van der Waals surface area contributed by atoms with E-state index in [2.05, 4.69) is 4.98 Å². The Labute approximate surface area is 82.8 Å². The molecule has 0 amide bonds. The van der Waals surface area contributed by atoms with E-state index >= 15 is 0 Å². The number of hydrogen-bond acceptors (Lipinski definition) is 3. The predicted octanol–water partition coefficient (Wildman–Crippen LogP) is -0.648. The van der Waals surface area contributed by atoms with Gasteiger partial charge in [-0.2, -0.15) is 0 Å². The van der Waals surface area contributed by atoms with Crippen molar-refractivity contribution in [3.05, 3.63) is 28.2 Å². The highest BCUT2D eigenvalue weighted by atomic mass is 16.4. The van der Waals surface area contributed by atoms with Crippen LogP contribution in [0.1, 0.15) is 26.5 Å². The van der Waals surface area contributed by atoms with Gasteiger partial charge in [-0.15, -0.1) is 0 Å². The number of aromatic nitrogens is 1. The van der Waals surface area contributed by atoms with Crippen LogP contribution in [-0.4, -0.2) is 22.2 Å². The lowest BCUT2D eigenvalue weighted by molar-refractivity contribution is 0.425. The molecule has 5 heteroatoms. The van der Waals surface area contributed by atoms with Gasteiger partial charge in [-0.05, 0) is 11.5 Å². The summed E-state index contributed by atoms with van der Waals surface area (Å²) in [5.41, 5.74) is 0.372. The second-order valence-electron chi connectivity index (χ2n) is 4.32. The number of nitrogens with one attached hydrogen (secondary N) is 1. The molecule has 0 atom stereocenters. The Morgan fingerprint density at radius 2 is 1.86 bits per heavy atom. The summed E-state index contributed by atoms with van der Waals surface area (Å²) >= 11 is 0. The number of hydrogen-bond donors (Lipinski definition) is 3. The molecule has 76 valence electrons. The third kappa shape index (κ3) is 2.46. The van der Waals surface area contributed by atoms with E-state index in [0.29, 0.717) is 5.69 Å². The minimum absolute atomic E-state index is 0.218. The zero-order chi connectivity index (χ0) is 10.9. The lowest BCUT2D eigenvalue weighted by atomic mass is 9.78. The van der Waals surface area contributed by atoms with Gasteiger partial charge in [0.15, 0.2) is 0 Å². The lowest BCUT2D eigenvalue weighted by Crippen LogP contribution is -2.35. The van der Waals surface area contributed by atoms with E-state index in [-0.39, 0.29) is 16.4 Å². The molecule has 0 spiro atoms. The van der Waals surface area contributed by atoms with Crippen LogP contribution in [0, 0.1) is 0 Å². The Bertz CT molecular complexity index is 378. The van der Waals surface area contributed by atoms with E-state index in [9.17, 15) is 4.79 Å². The summed E-state index contributed by atoms with van der Waals surface area (Å²) < 4.78 is 0. The number of aromatic amines is 1. The third-order valence-corrected chi connectivity index (χ3v) is 1.97. The molecule has 0 unspecified atom stereocenters. The molecule has 0 radical (unpaired) electrons. The first-order chi connectivity index (χ1) is 6.30. The van der Waals surface area contributed by atoms with Crippen LogP contribution >= 0.6 is 0 Å².